The minimum Gasteiger partial charge on any atom is -0.444 e. The van der Waals surface area contributed by atoms with Crippen LogP contribution in [-0.2, 0) is 27.8 Å². The van der Waals surface area contributed by atoms with Crippen molar-refractivity contribution in [3.63, 3.8) is 0 Å². The Morgan fingerprint density at radius 2 is 1.84 bits per heavy atom. The normalized spacial score (nSPS) is 14.9. The molecule has 0 bridgehead atoms. The van der Waals surface area contributed by atoms with Gasteiger partial charge in [-0.15, -0.1) is 0 Å². The zero-order valence-electron chi connectivity index (χ0n) is 17.4. The van der Waals surface area contributed by atoms with Crippen molar-refractivity contribution >= 4 is 38.8 Å². The minimum absolute atomic E-state index is 0.112. The molecule has 1 aliphatic heterocycles. The molecule has 1 aromatic heterocycles. The van der Waals surface area contributed by atoms with E-state index in [4.69, 9.17) is 20.8 Å². The van der Waals surface area contributed by atoms with E-state index in [-0.39, 0.29) is 46.6 Å². The molecule has 0 radical (unpaired) electrons. The van der Waals surface area contributed by atoms with Crippen LogP contribution in [0.1, 0.15) is 37.5 Å². The molecule has 0 saturated heterocycles. The average Bonchev–Trinajstić information content (AvgIpc) is 2.63. The molecule has 3 rings (SSSR count). The summed E-state index contributed by atoms with van der Waals surface area (Å²) in [5, 5.41) is 0.0723. The highest BCUT2D eigenvalue weighted by atomic mass is 35.5. The third-order valence-corrected chi connectivity index (χ3v) is 5.92. The molecule has 0 fully saturated rings. The van der Waals surface area contributed by atoms with Crippen LogP contribution in [0.3, 0.4) is 0 Å². The summed E-state index contributed by atoms with van der Waals surface area (Å²) in [6.45, 7) is 6.42. The predicted octanol–water partition coefficient (Wildman–Crippen LogP) is 4.28. The van der Waals surface area contributed by atoms with Crippen molar-refractivity contribution in [3.05, 3.63) is 38.2 Å². The van der Waals surface area contributed by atoms with E-state index in [9.17, 15) is 31.2 Å². The Morgan fingerprint density at radius 1 is 1.22 bits per heavy atom. The van der Waals surface area contributed by atoms with E-state index in [2.05, 4.69) is 4.18 Å². The standard InChI is InChI=1S/C19H19ClF3NO7S/c1-9-13(31-32(27,28)19(21,22)23)7-12(20)14-10-5-6-24(17(26)30-18(2,3)4)8-11(10)16(25)29-15(9)14/h7H,5-6,8H2,1-4H3. The Kier molecular flexibility index (Phi) is 5.92. The highest BCUT2D eigenvalue weighted by molar-refractivity contribution is 7.88. The van der Waals surface area contributed by atoms with Crippen LogP contribution < -0.4 is 9.81 Å². The van der Waals surface area contributed by atoms with E-state index in [1.807, 2.05) is 0 Å². The van der Waals surface area contributed by atoms with Gasteiger partial charge in [0.05, 0.1) is 17.1 Å². The van der Waals surface area contributed by atoms with Crippen LogP contribution in [0.25, 0.3) is 11.0 Å². The van der Waals surface area contributed by atoms with Gasteiger partial charge in [-0.05, 0) is 39.7 Å². The Labute approximate surface area is 186 Å². The van der Waals surface area contributed by atoms with Gasteiger partial charge >= 0.3 is 27.3 Å². The van der Waals surface area contributed by atoms with E-state index >= 15 is 0 Å². The van der Waals surface area contributed by atoms with Crippen molar-refractivity contribution in [1.82, 2.24) is 4.90 Å². The number of aryl methyl sites for hydroxylation is 1. The fourth-order valence-electron chi connectivity index (χ4n) is 3.23. The summed E-state index contributed by atoms with van der Waals surface area (Å²) >= 11 is 6.23. The summed E-state index contributed by atoms with van der Waals surface area (Å²) in [4.78, 5) is 26.3. The summed E-state index contributed by atoms with van der Waals surface area (Å²) in [5.74, 6) is -0.714. The molecule has 8 nitrogen and oxygen atoms in total. The zero-order chi connectivity index (χ0) is 24.2. The summed E-state index contributed by atoms with van der Waals surface area (Å²) in [5.41, 5.74) is -6.97. The van der Waals surface area contributed by atoms with Crippen LogP contribution in [0.4, 0.5) is 18.0 Å². The fourth-order valence-corrected chi connectivity index (χ4v) is 4.03. The maximum absolute atomic E-state index is 12.7. The monoisotopic (exact) mass is 497 g/mol. The molecular weight excluding hydrogens is 479 g/mol. The first-order valence-corrected chi connectivity index (χ1v) is 11.1. The van der Waals surface area contributed by atoms with Gasteiger partial charge < -0.3 is 18.2 Å². The number of ether oxygens (including phenoxy) is 1. The Hall–Kier alpha value is -2.47. The van der Waals surface area contributed by atoms with Crippen molar-refractivity contribution in [1.29, 1.82) is 0 Å². The van der Waals surface area contributed by atoms with E-state index in [0.29, 0.717) is 5.56 Å². The number of benzene rings is 1. The van der Waals surface area contributed by atoms with Gasteiger partial charge in [0.15, 0.2) is 5.75 Å². The molecule has 0 atom stereocenters. The predicted molar refractivity (Wildman–Crippen MR) is 108 cm³/mol. The largest absolute Gasteiger partial charge is 0.534 e. The number of carbonyl (C=O) groups excluding carboxylic acids is 1. The highest BCUT2D eigenvalue weighted by Gasteiger charge is 2.49. The molecule has 1 amide bonds. The van der Waals surface area contributed by atoms with E-state index in [0.717, 1.165) is 6.07 Å². The van der Waals surface area contributed by atoms with E-state index in [1.165, 1.54) is 11.8 Å². The van der Waals surface area contributed by atoms with Gasteiger partial charge in [0, 0.05) is 23.6 Å². The number of nitrogens with zero attached hydrogens (tertiary/aromatic N) is 1. The number of fused-ring (bicyclic) bond motifs is 3. The van der Waals surface area contributed by atoms with Gasteiger partial charge in [-0.3, -0.25) is 0 Å². The molecule has 0 N–H and O–H groups in total. The summed E-state index contributed by atoms with van der Waals surface area (Å²) in [7, 11) is -5.95. The van der Waals surface area contributed by atoms with Gasteiger partial charge in [-0.2, -0.15) is 21.6 Å². The molecule has 0 aliphatic carbocycles. The summed E-state index contributed by atoms with van der Waals surface area (Å²) in [6, 6.07) is 0.920. The van der Waals surface area contributed by atoms with E-state index < -0.39 is 38.7 Å². The van der Waals surface area contributed by atoms with Crippen LogP contribution in [0, 0.1) is 6.92 Å². The number of rotatable bonds is 2. The van der Waals surface area contributed by atoms with Gasteiger partial charge in [-0.25, -0.2) is 9.59 Å². The minimum atomic E-state index is -5.95. The number of hydrogen-bond acceptors (Lipinski definition) is 7. The van der Waals surface area contributed by atoms with Crippen LogP contribution in [0.2, 0.25) is 5.02 Å². The molecule has 32 heavy (non-hydrogen) atoms. The van der Waals surface area contributed by atoms with Crippen molar-refractivity contribution in [2.45, 2.75) is 51.8 Å². The van der Waals surface area contributed by atoms with Crippen LogP contribution in [0.15, 0.2) is 15.3 Å². The lowest BCUT2D eigenvalue weighted by atomic mass is 9.96. The van der Waals surface area contributed by atoms with Crippen molar-refractivity contribution in [2.75, 3.05) is 6.54 Å². The molecule has 0 saturated carbocycles. The molecule has 0 spiro atoms. The SMILES string of the molecule is Cc1c(OS(=O)(=O)C(F)(F)F)cc(Cl)c2c3c(c(=O)oc12)CN(C(=O)OC(C)(C)C)CC3. The number of hydrogen-bond donors (Lipinski definition) is 0. The second kappa shape index (κ2) is 7.84. The molecule has 1 aliphatic rings. The third-order valence-electron chi connectivity index (χ3n) is 4.66. The van der Waals surface area contributed by atoms with Gasteiger partial charge in [0.1, 0.15) is 11.2 Å². The van der Waals surface area contributed by atoms with Crippen LogP contribution in [-0.4, -0.2) is 37.1 Å². The first-order chi connectivity index (χ1) is 14.5. The van der Waals surface area contributed by atoms with Gasteiger partial charge in [0.2, 0.25) is 0 Å². The Bertz CT molecular complexity index is 1260. The average molecular weight is 498 g/mol. The maximum Gasteiger partial charge on any atom is 0.534 e. The van der Waals surface area contributed by atoms with Gasteiger partial charge in [0.25, 0.3) is 0 Å². The fraction of sp³-hybridized carbons (Fsp3) is 0.474. The number of halogens is 4. The second-order valence-electron chi connectivity index (χ2n) is 8.17. The van der Waals surface area contributed by atoms with E-state index in [1.54, 1.807) is 20.8 Å². The molecule has 2 aromatic rings. The summed E-state index contributed by atoms with van der Waals surface area (Å²) < 4.78 is 75.6. The van der Waals surface area contributed by atoms with Crippen molar-refractivity contribution < 1.29 is 39.7 Å². The third kappa shape index (κ3) is 4.51. The molecule has 13 heteroatoms. The summed E-state index contributed by atoms with van der Waals surface area (Å²) in [6.07, 6.45) is -0.428. The molecule has 2 heterocycles. The van der Waals surface area contributed by atoms with Crippen molar-refractivity contribution in [2.24, 2.45) is 0 Å². The first kappa shape index (κ1) is 24.2. The topological polar surface area (TPSA) is 103 Å². The van der Waals surface area contributed by atoms with Crippen molar-refractivity contribution in [3.8, 4) is 5.75 Å². The number of amides is 1. The number of alkyl halides is 3. The lowest BCUT2D eigenvalue weighted by molar-refractivity contribution is -0.0500. The second-order valence-corrected chi connectivity index (χ2v) is 10.1. The quantitative estimate of drug-likeness (QED) is 0.346. The lowest BCUT2D eigenvalue weighted by Gasteiger charge is -2.31. The zero-order valence-corrected chi connectivity index (χ0v) is 19.0. The first-order valence-electron chi connectivity index (χ1n) is 9.28. The smallest absolute Gasteiger partial charge is 0.444 e. The highest BCUT2D eigenvalue weighted by Crippen LogP contribution is 2.39. The molecule has 1 aromatic carbocycles. The van der Waals surface area contributed by atoms with Gasteiger partial charge in [-0.1, -0.05) is 11.6 Å². The Morgan fingerprint density at radius 3 is 2.41 bits per heavy atom. The molecular formula is C19H19ClF3NO7S. The Balaban J connectivity index is 2.08. The van der Waals surface area contributed by atoms with Crippen LogP contribution >= 0.6 is 11.6 Å². The molecule has 0 unspecified atom stereocenters. The van der Waals surface area contributed by atoms with Crippen LogP contribution in [0.5, 0.6) is 5.75 Å². The number of carbonyl (C=O) groups is 1. The molecule has 176 valence electrons. The lowest BCUT2D eigenvalue weighted by Crippen LogP contribution is -2.41. The maximum atomic E-state index is 12.7.